The quantitative estimate of drug-likeness (QED) is 0.657. The zero-order valence-corrected chi connectivity index (χ0v) is 17.7. The maximum absolute atomic E-state index is 13.1. The molecule has 3 heterocycles. The lowest BCUT2D eigenvalue weighted by molar-refractivity contribution is 0.0628. The Morgan fingerprint density at radius 2 is 1.86 bits per heavy atom. The lowest BCUT2D eigenvalue weighted by Gasteiger charge is -2.35. The largest absolute Gasteiger partial charge is 0.335 e. The fourth-order valence-electron chi connectivity index (χ4n) is 3.89. The Bertz CT molecular complexity index is 952. The van der Waals surface area contributed by atoms with Gasteiger partial charge in [-0.1, -0.05) is 44.2 Å². The van der Waals surface area contributed by atoms with Gasteiger partial charge in [-0.2, -0.15) is 5.10 Å². The average molecular weight is 397 g/mol. The Labute approximate surface area is 170 Å². The Balaban J connectivity index is 1.50. The molecule has 2 aromatic heterocycles. The van der Waals surface area contributed by atoms with Crippen LogP contribution in [0.3, 0.4) is 0 Å². The zero-order valence-electron chi connectivity index (χ0n) is 16.9. The molecule has 5 nitrogen and oxygen atoms in total. The third kappa shape index (κ3) is 3.98. The van der Waals surface area contributed by atoms with Crippen molar-refractivity contribution < 1.29 is 4.79 Å². The summed E-state index contributed by atoms with van der Waals surface area (Å²) in [5.41, 5.74) is 2.21. The first-order chi connectivity index (χ1) is 13.5. The smallest absolute Gasteiger partial charge is 0.264 e. The second-order valence-electron chi connectivity index (χ2n) is 8.04. The van der Waals surface area contributed by atoms with Crippen molar-refractivity contribution in [2.45, 2.75) is 27.3 Å². The van der Waals surface area contributed by atoms with Crippen molar-refractivity contribution in [1.82, 2.24) is 19.6 Å². The summed E-state index contributed by atoms with van der Waals surface area (Å²) in [5, 5.41) is 5.79. The minimum absolute atomic E-state index is 0.163. The van der Waals surface area contributed by atoms with Crippen molar-refractivity contribution in [2.75, 3.05) is 32.7 Å². The molecule has 1 aliphatic rings. The summed E-state index contributed by atoms with van der Waals surface area (Å²) in [6, 6.07) is 12.4. The van der Waals surface area contributed by atoms with Gasteiger partial charge in [0.15, 0.2) is 0 Å². The summed E-state index contributed by atoms with van der Waals surface area (Å²) >= 11 is 1.57. The van der Waals surface area contributed by atoms with Crippen LogP contribution in [0.25, 0.3) is 10.2 Å². The molecule has 1 amide bonds. The molecular weight excluding hydrogens is 368 g/mol. The predicted molar refractivity (Wildman–Crippen MR) is 115 cm³/mol. The van der Waals surface area contributed by atoms with Gasteiger partial charge < -0.3 is 4.90 Å². The number of benzene rings is 1. The molecular formula is C22H28N4OS. The van der Waals surface area contributed by atoms with Crippen LogP contribution in [0.2, 0.25) is 0 Å². The number of rotatable bonds is 5. The van der Waals surface area contributed by atoms with Crippen LogP contribution in [-0.2, 0) is 6.54 Å². The first-order valence-electron chi connectivity index (χ1n) is 10.0. The number of carbonyl (C=O) groups excluding carboxylic acids is 1. The van der Waals surface area contributed by atoms with Crippen LogP contribution >= 0.6 is 11.3 Å². The summed E-state index contributed by atoms with van der Waals surface area (Å²) in [4.78, 5) is 19.4. The summed E-state index contributed by atoms with van der Waals surface area (Å²) in [6.07, 6.45) is 0. The van der Waals surface area contributed by atoms with Crippen molar-refractivity contribution >= 4 is 27.5 Å². The molecule has 0 N–H and O–H groups in total. The number of fused-ring (bicyclic) bond motifs is 1. The third-order valence-electron chi connectivity index (χ3n) is 5.28. The molecule has 0 unspecified atom stereocenters. The van der Waals surface area contributed by atoms with Gasteiger partial charge in [-0.05, 0) is 24.5 Å². The number of aryl methyl sites for hydroxylation is 1. The minimum Gasteiger partial charge on any atom is -0.335 e. The number of carbonyl (C=O) groups is 1. The van der Waals surface area contributed by atoms with E-state index >= 15 is 0 Å². The van der Waals surface area contributed by atoms with Crippen LogP contribution in [0.1, 0.15) is 34.8 Å². The van der Waals surface area contributed by atoms with Crippen LogP contribution in [0, 0.1) is 12.8 Å². The van der Waals surface area contributed by atoms with Gasteiger partial charge >= 0.3 is 0 Å². The van der Waals surface area contributed by atoms with Crippen molar-refractivity contribution in [1.29, 1.82) is 0 Å². The number of piperazine rings is 1. The lowest BCUT2D eigenvalue weighted by Crippen LogP contribution is -2.49. The van der Waals surface area contributed by atoms with E-state index in [1.54, 1.807) is 11.3 Å². The normalized spacial score (nSPS) is 15.6. The van der Waals surface area contributed by atoms with Gasteiger partial charge in [-0.25, -0.2) is 0 Å². The molecule has 1 saturated heterocycles. The maximum Gasteiger partial charge on any atom is 0.264 e. The van der Waals surface area contributed by atoms with E-state index in [2.05, 4.69) is 30.9 Å². The Morgan fingerprint density at radius 1 is 1.14 bits per heavy atom. The number of hydrogen-bond acceptors (Lipinski definition) is 4. The molecule has 0 radical (unpaired) electrons. The first-order valence-corrected chi connectivity index (χ1v) is 10.9. The topological polar surface area (TPSA) is 41.4 Å². The second kappa shape index (κ2) is 8.05. The highest BCUT2D eigenvalue weighted by molar-refractivity contribution is 7.20. The summed E-state index contributed by atoms with van der Waals surface area (Å²) in [6.45, 7) is 11.9. The molecule has 1 aromatic carbocycles. The van der Waals surface area contributed by atoms with E-state index in [0.29, 0.717) is 5.92 Å². The van der Waals surface area contributed by atoms with Crippen LogP contribution in [0.4, 0.5) is 0 Å². The molecule has 28 heavy (non-hydrogen) atoms. The van der Waals surface area contributed by atoms with Crippen LogP contribution in [0.5, 0.6) is 0 Å². The van der Waals surface area contributed by atoms with E-state index in [-0.39, 0.29) is 5.91 Å². The lowest BCUT2D eigenvalue weighted by atomic mass is 10.2. The molecule has 6 heteroatoms. The van der Waals surface area contributed by atoms with Crippen LogP contribution < -0.4 is 0 Å². The minimum atomic E-state index is 0.163. The van der Waals surface area contributed by atoms with Gasteiger partial charge in [0.1, 0.15) is 4.83 Å². The highest BCUT2D eigenvalue weighted by Crippen LogP contribution is 2.30. The summed E-state index contributed by atoms with van der Waals surface area (Å²) in [7, 11) is 0. The van der Waals surface area contributed by atoms with Gasteiger partial charge in [0.05, 0.1) is 17.1 Å². The van der Waals surface area contributed by atoms with E-state index < -0.39 is 0 Å². The number of amides is 1. The summed E-state index contributed by atoms with van der Waals surface area (Å²) < 4.78 is 2.03. The third-order valence-corrected chi connectivity index (χ3v) is 6.41. The fourth-order valence-corrected chi connectivity index (χ4v) is 5.02. The van der Waals surface area contributed by atoms with Gasteiger partial charge in [0.25, 0.3) is 5.91 Å². The maximum atomic E-state index is 13.1. The fraction of sp³-hybridized carbons (Fsp3) is 0.455. The van der Waals surface area contributed by atoms with E-state index in [4.69, 9.17) is 5.10 Å². The van der Waals surface area contributed by atoms with Crippen LogP contribution in [0.15, 0.2) is 36.4 Å². The molecule has 4 rings (SSSR count). The van der Waals surface area contributed by atoms with E-state index in [1.165, 1.54) is 5.56 Å². The number of aromatic nitrogens is 2. The van der Waals surface area contributed by atoms with E-state index in [0.717, 1.165) is 60.1 Å². The zero-order chi connectivity index (χ0) is 19.7. The average Bonchev–Trinajstić information content (AvgIpc) is 3.24. The van der Waals surface area contributed by atoms with Crippen molar-refractivity contribution in [2.24, 2.45) is 5.92 Å². The standard InChI is InChI=1S/C22H28N4OS/c1-16(2)14-24-9-11-25(12-10-24)21(27)20-13-19-17(3)23-26(22(19)28-20)15-18-7-5-4-6-8-18/h4-8,13,16H,9-12,14-15H2,1-3H3. The van der Waals surface area contributed by atoms with Gasteiger partial charge in [-0.15, -0.1) is 11.3 Å². The molecule has 0 atom stereocenters. The van der Waals surface area contributed by atoms with E-state index in [9.17, 15) is 4.79 Å². The van der Waals surface area contributed by atoms with Crippen LogP contribution in [-0.4, -0.2) is 58.2 Å². The SMILES string of the molecule is Cc1nn(Cc2ccccc2)c2sc(C(=O)N3CCN(CC(C)C)CC3)cc12. The number of thiophene rings is 1. The predicted octanol–water partition coefficient (Wildman–Crippen LogP) is 3.87. The van der Waals surface area contributed by atoms with Gasteiger partial charge in [0.2, 0.25) is 0 Å². The molecule has 1 aliphatic heterocycles. The van der Waals surface area contributed by atoms with Crippen molar-refractivity contribution in [3.63, 3.8) is 0 Å². The van der Waals surface area contributed by atoms with Gasteiger partial charge in [-0.3, -0.25) is 14.4 Å². The van der Waals surface area contributed by atoms with Gasteiger partial charge in [0, 0.05) is 38.1 Å². The molecule has 3 aromatic rings. The first kappa shape index (κ1) is 19.2. The van der Waals surface area contributed by atoms with Crippen molar-refractivity contribution in [3.8, 4) is 0 Å². The Kier molecular flexibility index (Phi) is 5.51. The monoisotopic (exact) mass is 396 g/mol. The highest BCUT2D eigenvalue weighted by Gasteiger charge is 2.25. The van der Waals surface area contributed by atoms with E-state index in [1.807, 2.05) is 40.8 Å². The molecule has 148 valence electrons. The molecule has 1 fully saturated rings. The molecule has 0 saturated carbocycles. The Morgan fingerprint density at radius 3 is 2.54 bits per heavy atom. The molecule has 0 spiro atoms. The van der Waals surface area contributed by atoms with Crippen molar-refractivity contribution in [3.05, 3.63) is 52.5 Å². The number of nitrogens with zero attached hydrogens (tertiary/aromatic N) is 4. The highest BCUT2D eigenvalue weighted by atomic mass is 32.1. The number of hydrogen-bond donors (Lipinski definition) is 0. The molecule has 0 aliphatic carbocycles. The summed E-state index contributed by atoms with van der Waals surface area (Å²) in [5.74, 6) is 0.830. The second-order valence-corrected chi connectivity index (χ2v) is 9.08. The molecule has 0 bridgehead atoms. The Hall–Kier alpha value is -2.18.